The Hall–Kier alpha value is -1.97. The number of thioether (sulfide) groups is 1. The maximum atomic E-state index is 13.8. The minimum Gasteiger partial charge on any atom is -0.207 e. The molecule has 116 valence electrons. The van der Waals surface area contributed by atoms with E-state index in [1.54, 1.807) is 12.1 Å². The second-order valence-corrected chi connectivity index (χ2v) is 7.60. The average Bonchev–Trinajstić information content (AvgIpc) is 2.94. The zero-order valence-electron chi connectivity index (χ0n) is 12.5. The molecule has 3 nitrogen and oxygen atoms in total. The van der Waals surface area contributed by atoms with Crippen LogP contribution < -0.4 is 0 Å². The average molecular weight is 325 g/mol. The number of hydrogen-bond donors (Lipinski definition) is 0. The van der Waals surface area contributed by atoms with Crippen LogP contribution in [0.25, 0.3) is 10.4 Å². The van der Waals surface area contributed by atoms with Crippen LogP contribution in [0.1, 0.15) is 39.8 Å². The zero-order chi connectivity index (χ0) is 15.8. The SMILES string of the molecule is [N-]=[N+]=NC[C@H]1C[C@@H]2c3ccccc3Cc3ccc(F)cc3[C@H]2S1. The molecule has 2 aromatic rings. The van der Waals surface area contributed by atoms with Gasteiger partial charge in [-0.25, -0.2) is 4.39 Å². The molecule has 2 aromatic carbocycles. The van der Waals surface area contributed by atoms with Crippen molar-refractivity contribution in [1.29, 1.82) is 0 Å². The molecule has 0 unspecified atom stereocenters. The Morgan fingerprint density at radius 3 is 2.87 bits per heavy atom. The molecular weight excluding hydrogens is 309 g/mol. The Balaban J connectivity index is 1.82. The second-order valence-electron chi connectivity index (χ2n) is 6.15. The van der Waals surface area contributed by atoms with Gasteiger partial charge in [0.2, 0.25) is 0 Å². The molecule has 1 saturated heterocycles. The Morgan fingerprint density at radius 2 is 2.00 bits per heavy atom. The lowest BCUT2D eigenvalue weighted by Gasteiger charge is -2.19. The smallest absolute Gasteiger partial charge is 0.123 e. The summed E-state index contributed by atoms with van der Waals surface area (Å²) >= 11 is 1.83. The number of rotatable bonds is 2. The summed E-state index contributed by atoms with van der Waals surface area (Å²) in [6.45, 7) is 0.501. The van der Waals surface area contributed by atoms with Crippen LogP contribution in [0.5, 0.6) is 0 Å². The number of azide groups is 1. The van der Waals surface area contributed by atoms with Gasteiger partial charge in [-0.15, -0.1) is 11.8 Å². The molecule has 3 atom stereocenters. The highest BCUT2D eigenvalue weighted by molar-refractivity contribution is 8.00. The van der Waals surface area contributed by atoms with Gasteiger partial charge in [-0.3, -0.25) is 0 Å². The highest BCUT2D eigenvalue weighted by Crippen LogP contribution is 2.56. The maximum absolute atomic E-state index is 13.8. The standard InChI is InChI=1S/C18H16FN3S/c19-13-6-5-12-7-11-3-1-2-4-15(11)17-9-14(10-21-22-20)23-18(17)16(12)8-13/h1-6,8,14,17-18H,7,9-10H2/t14-,17-,18-/m1/s1. The van der Waals surface area contributed by atoms with Gasteiger partial charge in [0, 0.05) is 27.9 Å². The number of hydrogen-bond acceptors (Lipinski definition) is 2. The first-order chi connectivity index (χ1) is 11.3. The molecular formula is C18H16FN3S. The third kappa shape index (κ3) is 2.60. The van der Waals surface area contributed by atoms with E-state index in [9.17, 15) is 4.39 Å². The van der Waals surface area contributed by atoms with Gasteiger partial charge in [0.15, 0.2) is 0 Å². The van der Waals surface area contributed by atoms with E-state index in [4.69, 9.17) is 5.53 Å². The van der Waals surface area contributed by atoms with E-state index in [1.165, 1.54) is 16.7 Å². The van der Waals surface area contributed by atoms with Crippen LogP contribution in [-0.4, -0.2) is 11.8 Å². The molecule has 0 aromatic heterocycles. The van der Waals surface area contributed by atoms with Crippen molar-refractivity contribution in [2.45, 2.75) is 29.3 Å². The van der Waals surface area contributed by atoms with Crippen LogP contribution in [0, 0.1) is 5.82 Å². The summed E-state index contributed by atoms with van der Waals surface area (Å²) in [6.07, 6.45) is 1.84. The molecule has 1 aliphatic heterocycles. The zero-order valence-corrected chi connectivity index (χ0v) is 13.3. The van der Waals surface area contributed by atoms with Gasteiger partial charge in [0.05, 0.1) is 0 Å². The summed E-state index contributed by atoms with van der Waals surface area (Å²) in [5.74, 6) is 0.186. The van der Waals surface area contributed by atoms with Crippen molar-refractivity contribution in [3.8, 4) is 0 Å². The van der Waals surface area contributed by atoms with Crippen LogP contribution in [0.3, 0.4) is 0 Å². The first kappa shape index (κ1) is 14.6. The van der Waals surface area contributed by atoms with Gasteiger partial charge < -0.3 is 0 Å². The van der Waals surface area contributed by atoms with Crippen LogP contribution >= 0.6 is 11.8 Å². The largest absolute Gasteiger partial charge is 0.207 e. The van der Waals surface area contributed by atoms with Gasteiger partial charge in [-0.05, 0) is 52.8 Å². The molecule has 0 saturated carbocycles. The first-order valence-electron chi connectivity index (χ1n) is 7.78. The molecule has 0 spiro atoms. The van der Waals surface area contributed by atoms with Crippen molar-refractivity contribution < 1.29 is 4.39 Å². The van der Waals surface area contributed by atoms with E-state index in [0.717, 1.165) is 18.4 Å². The van der Waals surface area contributed by atoms with Gasteiger partial charge in [0.1, 0.15) is 5.82 Å². The Kier molecular flexibility index (Phi) is 3.76. The molecule has 2 aliphatic rings. The monoisotopic (exact) mass is 325 g/mol. The highest BCUT2D eigenvalue weighted by Gasteiger charge is 2.40. The van der Waals surface area contributed by atoms with Crippen molar-refractivity contribution in [3.63, 3.8) is 0 Å². The molecule has 0 radical (unpaired) electrons. The van der Waals surface area contributed by atoms with E-state index >= 15 is 0 Å². The molecule has 1 aliphatic carbocycles. The number of fused-ring (bicyclic) bond motifs is 5. The number of benzene rings is 2. The Morgan fingerprint density at radius 1 is 1.17 bits per heavy atom. The third-order valence-electron chi connectivity index (χ3n) is 4.82. The van der Waals surface area contributed by atoms with Crippen molar-refractivity contribution in [1.82, 2.24) is 0 Å². The normalized spacial score (nSPS) is 24.8. The Labute approximate surface area is 138 Å². The fourth-order valence-corrected chi connectivity index (χ4v) is 5.54. The lowest BCUT2D eigenvalue weighted by molar-refractivity contribution is 0.613. The van der Waals surface area contributed by atoms with Crippen molar-refractivity contribution in [2.75, 3.05) is 6.54 Å². The van der Waals surface area contributed by atoms with Gasteiger partial charge >= 0.3 is 0 Å². The summed E-state index contributed by atoms with van der Waals surface area (Å²) in [5.41, 5.74) is 13.6. The fraction of sp³-hybridized carbons (Fsp3) is 0.333. The lowest BCUT2D eigenvalue weighted by Crippen LogP contribution is -2.05. The summed E-state index contributed by atoms with van der Waals surface area (Å²) in [5, 5.41) is 4.28. The molecule has 0 bridgehead atoms. The molecule has 0 N–H and O–H groups in total. The maximum Gasteiger partial charge on any atom is 0.123 e. The summed E-state index contributed by atoms with van der Waals surface area (Å²) < 4.78 is 13.8. The summed E-state index contributed by atoms with van der Waals surface area (Å²) in [4.78, 5) is 2.89. The van der Waals surface area contributed by atoms with Crippen LogP contribution in [0.2, 0.25) is 0 Å². The molecule has 0 amide bonds. The van der Waals surface area contributed by atoms with Crippen molar-refractivity contribution >= 4 is 11.8 Å². The summed E-state index contributed by atoms with van der Waals surface area (Å²) in [7, 11) is 0. The van der Waals surface area contributed by atoms with E-state index in [2.05, 4.69) is 34.3 Å². The fourth-order valence-electron chi connectivity index (χ4n) is 3.84. The van der Waals surface area contributed by atoms with Gasteiger partial charge in [-0.2, -0.15) is 0 Å². The Bertz CT molecular complexity index is 801. The highest BCUT2D eigenvalue weighted by atomic mass is 32.2. The molecule has 5 heteroatoms. The first-order valence-corrected chi connectivity index (χ1v) is 8.73. The third-order valence-corrected chi connectivity index (χ3v) is 6.42. The lowest BCUT2D eigenvalue weighted by atomic mass is 9.87. The predicted molar refractivity (Wildman–Crippen MR) is 91.1 cm³/mol. The summed E-state index contributed by atoms with van der Waals surface area (Å²) in [6, 6.07) is 13.7. The van der Waals surface area contributed by atoms with E-state index in [-0.39, 0.29) is 11.1 Å². The molecule has 23 heavy (non-hydrogen) atoms. The minimum atomic E-state index is -0.174. The second kappa shape index (κ2) is 5.91. The van der Waals surface area contributed by atoms with E-state index in [1.807, 2.05) is 17.8 Å². The molecule has 1 heterocycles. The molecule has 1 fully saturated rings. The van der Waals surface area contributed by atoms with Crippen molar-refractivity contribution in [2.24, 2.45) is 5.11 Å². The van der Waals surface area contributed by atoms with Gasteiger partial charge in [-0.1, -0.05) is 35.4 Å². The van der Waals surface area contributed by atoms with Crippen molar-refractivity contribution in [3.05, 3.63) is 81.0 Å². The predicted octanol–water partition coefficient (Wildman–Crippen LogP) is 5.37. The molecule has 4 rings (SSSR count). The van der Waals surface area contributed by atoms with E-state index < -0.39 is 0 Å². The number of nitrogens with zero attached hydrogens (tertiary/aromatic N) is 3. The number of halogens is 1. The van der Waals surface area contributed by atoms with Crippen LogP contribution in [-0.2, 0) is 6.42 Å². The topological polar surface area (TPSA) is 48.8 Å². The van der Waals surface area contributed by atoms with Gasteiger partial charge in [0.25, 0.3) is 0 Å². The van der Waals surface area contributed by atoms with Crippen LogP contribution in [0.15, 0.2) is 47.6 Å². The van der Waals surface area contributed by atoms with E-state index in [0.29, 0.717) is 17.7 Å². The van der Waals surface area contributed by atoms with Crippen LogP contribution in [0.4, 0.5) is 4.39 Å². The quantitative estimate of drug-likeness (QED) is 0.416. The minimum absolute atomic E-state index is 0.174.